The number of ether oxygens (including phenoxy) is 1. The first-order valence-corrected chi connectivity index (χ1v) is 5.74. The average Bonchev–Trinajstić information content (AvgIpc) is 2.04. The molecule has 0 N–H and O–H groups in total. The van der Waals surface area contributed by atoms with Crippen LogP contribution >= 0.6 is 0 Å². The van der Waals surface area contributed by atoms with Gasteiger partial charge in [-0.3, -0.25) is 0 Å². The van der Waals surface area contributed by atoms with E-state index in [0.29, 0.717) is 0 Å². The van der Waals surface area contributed by atoms with Crippen molar-refractivity contribution in [2.75, 3.05) is 13.2 Å². The molecule has 0 bridgehead atoms. The Bertz CT molecular complexity index is 99.3. The van der Waals surface area contributed by atoms with Gasteiger partial charge in [0.1, 0.15) is 0 Å². The molecule has 1 heteroatoms. The lowest BCUT2D eigenvalue weighted by atomic mass is 9.98. The predicted molar refractivity (Wildman–Crippen MR) is 59.0 cm³/mol. The van der Waals surface area contributed by atoms with Crippen LogP contribution in [0.4, 0.5) is 0 Å². The Morgan fingerprint density at radius 3 is 2.23 bits per heavy atom. The molecule has 0 spiro atoms. The summed E-state index contributed by atoms with van der Waals surface area (Å²) in [6.45, 7) is 10.8. The second-order valence-electron chi connectivity index (χ2n) is 4.42. The van der Waals surface area contributed by atoms with Crippen LogP contribution in [0.5, 0.6) is 0 Å². The molecule has 0 aliphatic carbocycles. The Kier molecular flexibility index (Phi) is 8.53. The third-order valence-corrected chi connectivity index (χ3v) is 2.44. The first-order valence-electron chi connectivity index (χ1n) is 5.74. The van der Waals surface area contributed by atoms with E-state index < -0.39 is 0 Å². The first kappa shape index (κ1) is 13.0. The van der Waals surface area contributed by atoms with E-state index in [1.165, 1.54) is 25.7 Å². The molecule has 0 aromatic heterocycles. The van der Waals surface area contributed by atoms with Crippen molar-refractivity contribution in [3.05, 3.63) is 0 Å². The summed E-state index contributed by atoms with van der Waals surface area (Å²) in [5.74, 6) is 1.70. The number of hydrogen-bond donors (Lipinski definition) is 0. The lowest BCUT2D eigenvalue weighted by Crippen LogP contribution is -2.02. The maximum Gasteiger partial charge on any atom is 0.0468 e. The van der Waals surface area contributed by atoms with E-state index in [1.807, 2.05) is 0 Å². The molecule has 0 amide bonds. The summed E-state index contributed by atoms with van der Waals surface area (Å²) in [7, 11) is 0. The molecule has 0 unspecified atom stereocenters. The fourth-order valence-corrected chi connectivity index (χ4v) is 1.45. The molecule has 1 atom stereocenters. The molecule has 0 aliphatic heterocycles. The van der Waals surface area contributed by atoms with E-state index in [0.717, 1.165) is 25.0 Å². The van der Waals surface area contributed by atoms with Crippen LogP contribution in [0.15, 0.2) is 0 Å². The van der Waals surface area contributed by atoms with E-state index >= 15 is 0 Å². The molecule has 0 aromatic rings. The van der Waals surface area contributed by atoms with Gasteiger partial charge in [-0.2, -0.15) is 0 Å². The minimum atomic E-state index is 0.838. The van der Waals surface area contributed by atoms with E-state index in [2.05, 4.69) is 27.7 Å². The van der Waals surface area contributed by atoms with Gasteiger partial charge in [0.25, 0.3) is 0 Å². The summed E-state index contributed by atoms with van der Waals surface area (Å²) in [6, 6.07) is 0. The highest BCUT2D eigenvalue weighted by Gasteiger charge is 2.02. The van der Waals surface area contributed by atoms with Crippen LogP contribution in [-0.2, 0) is 4.74 Å². The minimum absolute atomic E-state index is 0.838. The van der Waals surface area contributed by atoms with Crippen molar-refractivity contribution in [2.45, 2.75) is 53.4 Å². The summed E-state index contributed by atoms with van der Waals surface area (Å²) in [5.41, 5.74) is 0. The van der Waals surface area contributed by atoms with Crippen molar-refractivity contribution in [1.29, 1.82) is 0 Å². The van der Waals surface area contributed by atoms with Gasteiger partial charge in [0.15, 0.2) is 0 Å². The lowest BCUT2D eigenvalue weighted by Gasteiger charge is -2.11. The van der Waals surface area contributed by atoms with E-state index in [1.54, 1.807) is 0 Å². The maximum atomic E-state index is 5.33. The zero-order valence-electron chi connectivity index (χ0n) is 9.81. The van der Waals surface area contributed by atoms with Gasteiger partial charge in [-0.15, -0.1) is 0 Å². The summed E-state index contributed by atoms with van der Waals surface area (Å²) in [4.78, 5) is 0. The van der Waals surface area contributed by atoms with Gasteiger partial charge in [0, 0.05) is 13.2 Å². The highest BCUT2D eigenvalue weighted by Crippen LogP contribution is 2.14. The standard InChI is InChI=1S/C12H26O/c1-5-13-10-9-12(4)8-6-7-11(2)3/h11-12H,5-10H2,1-4H3/t12-/m0/s1. The largest absolute Gasteiger partial charge is 0.382 e. The number of rotatable bonds is 8. The van der Waals surface area contributed by atoms with Crippen LogP contribution in [0.3, 0.4) is 0 Å². The molecule has 1 nitrogen and oxygen atoms in total. The summed E-state index contributed by atoms with van der Waals surface area (Å²) in [5, 5.41) is 0. The second-order valence-corrected chi connectivity index (χ2v) is 4.42. The average molecular weight is 186 g/mol. The molecule has 0 heterocycles. The molecule has 13 heavy (non-hydrogen) atoms. The van der Waals surface area contributed by atoms with Gasteiger partial charge in [-0.1, -0.05) is 40.0 Å². The van der Waals surface area contributed by atoms with E-state index in [-0.39, 0.29) is 0 Å². The van der Waals surface area contributed by atoms with Crippen molar-refractivity contribution < 1.29 is 4.74 Å². The Morgan fingerprint density at radius 2 is 1.69 bits per heavy atom. The monoisotopic (exact) mass is 186 g/mol. The molecule has 0 rings (SSSR count). The molecule has 80 valence electrons. The van der Waals surface area contributed by atoms with Crippen LogP contribution in [0.25, 0.3) is 0 Å². The highest BCUT2D eigenvalue weighted by molar-refractivity contribution is 4.54. The third-order valence-electron chi connectivity index (χ3n) is 2.44. The van der Waals surface area contributed by atoms with Crippen LogP contribution in [0.1, 0.15) is 53.4 Å². The van der Waals surface area contributed by atoms with Gasteiger partial charge in [-0.05, 0) is 25.2 Å². The van der Waals surface area contributed by atoms with Crippen LogP contribution in [-0.4, -0.2) is 13.2 Å². The minimum Gasteiger partial charge on any atom is -0.382 e. The summed E-state index contributed by atoms with van der Waals surface area (Å²) in [6.07, 6.45) is 5.35. The van der Waals surface area contributed by atoms with E-state index in [4.69, 9.17) is 4.74 Å². The molecule has 0 saturated heterocycles. The quantitative estimate of drug-likeness (QED) is 0.523. The zero-order chi connectivity index (χ0) is 10.1. The van der Waals surface area contributed by atoms with Gasteiger partial charge in [-0.25, -0.2) is 0 Å². The maximum absolute atomic E-state index is 5.33. The van der Waals surface area contributed by atoms with Gasteiger partial charge < -0.3 is 4.74 Å². The predicted octanol–water partition coefficient (Wildman–Crippen LogP) is 3.88. The van der Waals surface area contributed by atoms with Crippen molar-refractivity contribution >= 4 is 0 Å². The number of hydrogen-bond acceptors (Lipinski definition) is 1. The van der Waals surface area contributed by atoms with Gasteiger partial charge >= 0.3 is 0 Å². The van der Waals surface area contributed by atoms with Crippen LogP contribution < -0.4 is 0 Å². The molecule has 0 aliphatic rings. The SMILES string of the molecule is CCOCC[C@@H](C)CCCC(C)C. The van der Waals surface area contributed by atoms with Crippen LogP contribution in [0.2, 0.25) is 0 Å². The van der Waals surface area contributed by atoms with Crippen molar-refractivity contribution in [3.63, 3.8) is 0 Å². The smallest absolute Gasteiger partial charge is 0.0468 e. The molecule has 0 radical (unpaired) electrons. The summed E-state index contributed by atoms with van der Waals surface area (Å²) < 4.78 is 5.33. The van der Waals surface area contributed by atoms with Crippen LogP contribution in [0, 0.1) is 11.8 Å². The first-order chi connectivity index (χ1) is 6.16. The third kappa shape index (κ3) is 9.88. The zero-order valence-corrected chi connectivity index (χ0v) is 9.81. The fraction of sp³-hybridized carbons (Fsp3) is 1.00. The van der Waals surface area contributed by atoms with Crippen molar-refractivity contribution in [3.8, 4) is 0 Å². The summed E-state index contributed by atoms with van der Waals surface area (Å²) >= 11 is 0. The molecular weight excluding hydrogens is 160 g/mol. The lowest BCUT2D eigenvalue weighted by molar-refractivity contribution is 0.132. The molecule has 0 saturated carbocycles. The normalized spacial score (nSPS) is 13.6. The molecule has 0 aromatic carbocycles. The molecular formula is C12H26O. The Morgan fingerprint density at radius 1 is 1.00 bits per heavy atom. The fourth-order valence-electron chi connectivity index (χ4n) is 1.45. The molecule has 0 fully saturated rings. The van der Waals surface area contributed by atoms with Gasteiger partial charge in [0.05, 0.1) is 0 Å². The Hall–Kier alpha value is -0.0400. The Labute approximate surface area is 83.9 Å². The van der Waals surface area contributed by atoms with Crippen molar-refractivity contribution in [1.82, 2.24) is 0 Å². The van der Waals surface area contributed by atoms with E-state index in [9.17, 15) is 0 Å². The van der Waals surface area contributed by atoms with Gasteiger partial charge in [0.2, 0.25) is 0 Å². The highest BCUT2D eigenvalue weighted by atomic mass is 16.5. The topological polar surface area (TPSA) is 9.23 Å². The second kappa shape index (κ2) is 8.55. The van der Waals surface area contributed by atoms with Crippen molar-refractivity contribution in [2.24, 2.45) is 11.8 Å². The Balaban J connectivity index is 3.15.